The number of allylic oxidation sites excluding steroid dienone is 1. The van der Waals surface area contributed by atoms with Gasteiger partial charge in [-0.15, -0.1) is 0 Å². The second kappa shape index (κ2) is 6.90. The van der Waals surface area contributed by atoms with Crippen molar-refractivity contribution in [3.8, 4) is 16.9 Å². The predicted molar refractivity (Wildman–Crippen MR) is 81.1 cm³/mol. The van der Waals surface area contributed by atoms with Crippen LogP contribution in [-0.4, -0.2) is 18.1 Å². The Kier molecular flexibility index (Phi) is 4.95. The van der Waals surface area contributed by atoms with Crippen LogP contribution < -0.4 is 4.74 Å². The number of esters is 1. The molecule has 0 aliphatic heterocycles. The molecule has 0 aliphatic rings. The maximum absolute atomic E-state index is 11.5. The molecular formula is C16H14ClNO3. The summed E-state index contributed by atoms with van der Waals surface area (Å²) in [6.45, 7) is 1.70. The third-order valence-corrected chi connectivity index (χ3v) is 3.02. The van der Waals surface area contributed by atoms with Crippen molar-refractivity contribution >= 4 is 17.6 Å². The SMILES string of the molecule is CC=C(Oc1cncc(-c2ccc(Cl)cc2)c1)C(=O)OC. The summed E-state index contributed by atoms with van der Waals surface area (Å²) in [6.07, 6.45) is 4.79. The number of carbonyl (C=O) groups excluding carboxylic acids is 1. The van der Waals surface area contributed by atoms with Crippen molar-refractivity contribution in [2.24, 2.45) is 0 Å². The van der Waals surface area contributed by atoms with Gasteiger partial charge in [0.05, 0.1) is 13.3 Å². The molecule has 0 saturated heterocycles. The highest BCUT2D eigenvalue weighted by molar-refractivity contribution is 6.30. The lowest BCUT2D eigenvalue weighted by Gasteiger charge is -2.09. The molecule has 0 radical (unpaired) electrons. The normalized spacial score (nSPS) is 11.1. The number of hydrogen-bond donors (Lipinski definition) is 0. The first-order valence-corrected chi connectivity index (χ1v) is 6.65. The van der Waals surface area contributed by atoms with Crippen LogP contribution in [0.1, 0.15) is 6.92 Å². The third-order valence-electron chi connectivity index (χ3n) is 2.77. The fraction of sp³-hybridized carbons (Fsp3) is 0.125. The first-order valence-electron chi connectivity index (χ1n) is 6.27. The molecule has 1 heterocycles. The molecule has 2 aromatic rings. The molecule has 108 valence electrons. The monoisotopic (exact) mass is 303 g/mol. The standard InChI is InChI=1S/C16H14ClNO3/c1-3-15(16(19)20-2)21-14-8-12(9-18-10-14)11-4-6-13(17)7-5-11/h3-10H,1-2H3. The van der Waals surface area contributed by atoms with Crippen LogP contribution in [0.4, 0.5) is 0 Å². The van der Waals surface area contributed by atoms with E-state index in [1.54, 1.807) is 37.4 Å². The molecule has 1 aromatic carbocycles. The van der Waals surface area contributed by atoms with E-state index in [1.807, 2.05) is 12.1 Å². The maximum atomic E-state index is 11.5. The van der Waals surface area contributed by atoms with Crippen LogP contribution in [0.5, 0.6) is 5.75 Å². The minimum atomic E-state index is -0.533. The number of rotatable bonds is 4. The first-order chi connectivity index (χ1) is 10.1. The summed E-state index contributed by atoms with van der Waals surface area (Å²) in [5, 5.41) is 0.668. The van der Waals surface area contributed by atoms with Gasteiger partial charge >= 0.3 is 5.97 Å². The Bertz CT molecular complexity index is 665. The largest absolute Gasteiger partial charge is 0.463 e. The summed E-state index contributed by atoms with van der Waals surface area (Å²) in [5.41, 5.74) is 1.82. The Morgan fingerprint density at radius 3 is 2.52 bits per heavy atom. The lowest BCUT2D eigenvalue weighted by atomic mass is 10.1. The molecule has 2 rings (SSSR count). The zero-order chi connectivity index (χ0) is 15.2. The third kappa shape index (κ3) is 3.83. The summed E-state index contributed by atoms with van der Waals surface area (Å²) >= 11 is 5.87. The minimum Gasteiger partial charge on any atom is -0.463 e. The molecule has 21 heavy (non-hydrogen) atoms. The number of aromatic nitrogens is 1. The Hall–Kier alpha value is -2.33. The summed E-state index contributed by atoms with van der Waals surface area (Å²) < 4.78 is 10.1. The highest BCUT2D eigenvalue weighted by Gasteiger charge is 2.11. The topological polar surface area (TPSA) is 48.4 Å². The minimum absolute atomic E-state index is 0.118. The average Bonchev–Trinajstić information content (AvgIpc) is 2.53. The number of carbonyl (C=O) groups is 1. The number of nitrogens with zero attached hydrogens (tertiary/aromatic N) is 1. The molecular weight excluding hydrogens is 290 g/mol. The molecule has 0 bridgehead atoms. The molecule has 0 atom stereocenters. The summed E-state index contributed by atoms with van der Waals surface area (Å²) in [6, 6.07) is 9.18. The van der Waals surface area contributed by atoms with E-state index in [0.29, 0.717) is 10.8 Å². The van der Waals surface area contributed by atoms with Gasteiger partial charge in [-0.2, -0.15) is 0 Å². The van der Waals surface area contributed by atoms with Crippen molar-refractivity contribution in [3.05, 3.63) is 59.6 Å². The van der Waals surface area contributed by atoms with Crippen LogP contribution in [0.25, 0.3) is 11.1 Å². The van der Waals surface area contributed by atoms with Gasteiger partial charge in [0.2, 0.25) is 5.76 Å². The molecule has 0 fully saturated rings. The lowest BCUT2D eigenvalue weighted by molar-refractivity contribution is -0.138. The van der Waals surface area contributed by atoms with E-state index in [2.05, 4.69) is 9.72 Å². The van der Waals surface area contributed by atoms with E-state index < -0.39 is 5.97 Å². The van der Waals surface area contributed by atoms with Gasteiger partial charge < -0.3 is 9.47 Å². The van der Waals surface area contributed by atoms with E-state index in [-0.39, 0.29) is 5.76 Å². The van der Waals surface area contributed by atoms with Crippen molar-refractivity contribution in [2.75, 3.05) is 7.11 Å². The second-order valence-corrected chi connectivity index (χ2v) is 4.60. The molecule has 4 nitrogen and oxygen atoms in total. The van der Waals surface area contributed by atoms with Crippen LogP contribution in [0.2, 0.25) is 5.02 Å². The van der Waals surface area contributed by atoms with Crippen LogP contribution >= 0.6 is 11.6 Å². The van der Waals surface area contributed by atoms with Gasteiger partial charge in [0.1, 0.15) is 5.75 Å². The van der Waals surface area contributed by atoms with Crippen LogP contribution in [0.15, 0.2) is 54.6 Å². The molecule has 0 N–H and O–H groups in total. The first kappa shape index (κ1) is 15.1. The summed E-state index contributed by atoms with van der Waals surface area (Å²) in [5.74, 6) is 0.0444. The predicted octanol–water partition coefficient (Wildman–Crippen LogP) is 3.86. The van der Waals surface area contributed by atoms with Crippen LogP contribution in [0, 0.1) is 0 Å². The van der Waals surface area contributed by atoms with Gasteiger partial charge in [-0.1, -0.05) is 23.7 Å². The molecule has 0 amide bonds. The van der Waals surface area contributed by atoms with Crippen molar-refractivity contribution in [2.45, 2.75) is 6.92 Å². The number of pyridine rings is 1. The van der Waals surface area contributed by atoms with E-state index in [4.69, 9.17) is 16.3 Å². The Morgan fingerprint density at radius 1 is 1.19 bits per heavy atom. The molecule has 0 aliphatic carbocycles. The van der Waals surface area contributed by atoms with Gasteiger partial charge in [0, 0.05) is 16.8 Å². The van der Waals surface area contributed by atoms with Gasteiger partial charge in [0.15, 0.2) is 0 Å². The Labute approximate surface area is 128 Å². The van der Waals surface area contributed by atoms with Crippen molar-refractivity contribution < 1.29 is 14.3 Å². The average molecular weight is 304 g/mol. The molecule has 1 aromatic heterocycles. The van der Waals surface area contributed by atoms with E-state index in [1.165, 1.54) is 13.3 Å². The lowest BCUT2D eigenvalue weighted by Crippen LogP contribution is -2.10. The Balaban J connectivity index is 2.25. The van der Waals surface area contributed by atoms with Gasteiger partial charge in [0.25, 0.3) is 0 Å². The number of halogens is 1. The van der Waals surface area contributed by atoms with Crippen LogP contribution in [-0.2, 0) is 9.53 Å². The summed E-state index contributed by atoms with van der Waals surface area (Å²) in [4.78, 5) is 15.6. The number of ether oxygens (including phenoxy) is 2. The zero-order valence-electron chi connectivity index (χ0n) is 11.7. The quantitative estimate of drug-likeness (QED) is 0.489. The molecule has 0 saturated carbocycles. The number of benzene rings is 1. The second-order valence-electron chi connectivity index (χ2n) is 4.16. The highest BCUT2D eigenvalue weighted by Crippen LogP contribution is 2.25. The van der Waals surface area contributed by atoms with Gasteiger partial charge in [-0.25, -0.2) is 4.79 Å². The number of hydrogen-bond acceptors (Lipinski definition) is 4. The zero-order valence-corrected chi connectivity index (χ0v) is 12.4. The van der Waals surface area contributed by atoms with E-state index in [0.717, 1.165) is 11.1 Å². The smallest absolute Gasteiger partial charge is 0.373 e. The maximum Gasteiger partial charge on any atom is 0.373 e. The number of methoxy groups -OCH3 is 1. The van der Waals surface area contributed by atoms with E-state index in [9.17, 15) is 4.79 Å². The van der Waals surface area contributed by atoms with Crippen LogP contribution in [0.3, 0.4) is 0 Å². The van der Waals surface area contributed by atoms with Crippen molar-refractivity contribution in [1.82, 2.24) is 4.98 Å². The fourth-order valence-electron chi connectivity index (χ4n) is 1.72. The molecule has 0 spiro atoms. The van der Waals surface area contributed by atoms with Crippen molar-refractivity contribution in [3.63, 3.8) is 0 Å². The van der Waals surface area contributed by atoms with E-state index >= 15 is 0 Å². The Morgan fingerprint density at radius 2 is 1.90 bits per heavy atom. The summed E-state index contributed by atoms with van der Waals surface area (Å²) in [7, 11) is 1.30. The highest BCUT2D eigenvalue weighted by atomic mass is 35.5. The molecule has 5 heteroatoms. The molecule has 0 unspecified atom stereocenters. The van der Waals surface area contributed by atoms with Crippen molar-refractivity contribution in [1.29, 1.82) is 0 Å². The fourth-order valence-corrected chi connectivity index (χ4v) is 1.85. The van der Waals surface area contributed by atoms with Gasteiger partial charge in [-0.3, -0.25) is 4.98 Å². The van der Waals surface area contributed by atoms with Gasteiger partial charge in [-0.05, 0) is 36.8 Å².